The van der Waals surface area contributed by atoms with Crippen LogP contribution in [0, 0.1) is 5.82 Å². The number of nitrogens with one attached hydrogen (secondary N) is 2. The fourth-order valence-corrected chi connectivity index (χ4v) is 7.95. The predicted molar refractivity (Wildman–Crippen MR) is 171 cm³/mol. The summed E-state index contributed by atoms with van der Waals surface area (Å²) in [6.45, 7) is 5.50. The van der Waals surface area contributed by atoms with Crippen molar-refractivity contribution >= 4 is 34.4 Å². The summed E-state index contributed by atoms with van der Waals surface area (Å²) in [5, 5.41) is 7.67. The lowest BCUT2D eigenvalue weighted by atomic mass is 9.95. The van der Waals surface area contributed by atoms with E-state index in [0.717, 1.165) is 61.3 Å². The molecule has 7 nitrogen and oxygen atoms in total. The van der Waals surface area contributed by atoms with Gasteiger partial charge in [0.2, 0.25) is 0 Å². The van der Waals surface area contributed by atoms with E-state index in [9.17, 15) is 14.0 Å². The van der Waals surface area contributed by atoms with Gasteiger partial charge in [0.25, 0.3) is 11.8 Å². The molecular weight excluding hydrogens is 561 g/mol. The number of carbonyl (C=O) groups excluding carboxylic acids is 2. The second-order valence-corrected chi connectivity index (χ2v) is 13.0. The summed E-state index contributed by atoms with van der Waals surface area (Å²) in [6.07, 6.45) is 11.6. The van der Waals surface area contributed by atoms with E-state index < -0.39 is 0 Å². The third-order valence-corrected chi connectivity index (χ3v) is 10.1. The highest BCUT2D eigenvalue weighted by molar-refractivity contribution is 7.17. The van der Waals surface area contributed by atoms with Gasteiger partial charge in [-0.15, -0.1) is 11.3 Å². The molecule has 0 radical (unpaired) electrons. The molecule has 2 fully saturated rings. The number of hydrogen-bond donors (Lipinski definition) is 2. The first-order valence-electron chi connectivity index (χ1n) is 15.6. The van der Waals surface area contributed by atoms with Crippen molar-refractivity contribution in [1.29, 1.82) is 0 Å². The SMILES string of the molecule is O=C(Nc1sc2c(c1C(=O)N/N=C/c1cccc(F)c1)CCCC2)c1cccc(CN2CCC(N3CCCCC3)CC2)c1. The van der Waals surface area contributed by atoms with Crippen LogP contribution < -0.4 is 10.7 Å². The Kier molecular flexibility index (Phi) is 9.61. The molecule has 43 heavy (non-hydrogen) atoms. The third-order valence-electron chi connectivity index (χ3n) is 8.91. The molecule has 2 N–H and O–H groups in total. The monoisotopic (exact) mass is 601 g/mol. The minimum absolute atomic E-state index is 0.221. The molecule has 226 valence electrons. The van der Waals surface area contributed by atoms with E-state index in [1.54, 1.807) is 12.1 Å². The number of amides is 2. The fraction of sp³-hybridized carbons (Fsp3) is 0.441. The van der Waals surface area contributed by atoms with Gasteiger partial charge in [0.1, 0.15) is 10.8 Å². The first-order valence-corrected chi connectivity index (χ1v) is 16.5. The molecule has 9 heteroatoms. The number of hydrazone groups is 1. The second-order valence-electron chi connectivity index (χ2n) is 11.9. The number of anilines is 1. The van der Waals surface area contributed by atoms with Gasteiger partial charge in [-0.05, 0) is 119 Å². The summed E-state index contributed by atoms with van der Waals surface area (Å²) in [5.74, 6) is -0.959. The van der Waals surface area contributed by atoms with Crippen molar-refractivity contribution < 1.29 is 14.0 Å². The van der Waals surface area contributed by atoms with Crippen LogP contribution in [-0.4, -0.2) is 60.0 Å². The number of nitrogens with zero attached hydrogens (tertiary/aromatic N) is 3. The lowest BCUT2D eigenvalue weighted by molar-refractivity contribution is 0.0896. The number of halogens is 1. The average Bonchev–Trinajstić information content (AvgIpc) is 3.40. The van der Waals surface area contributed by atoms with Gasteiger partial charge in [0.05, 0.1) is 11.8 Å². The largest absolute Gasteiger partial charge is 0.313 e. The molecule has 6 rings (SSSR count). The number of benzene rings is 2. The number of aryl methyl sites for hydroxylation is 1. The zero-order valence-corrected chi connectivity index (χ0v) is 25.4. The highest BCUT2D eigenvalue weighted by Crippen LogP contribution is 2.38. The van der Waals surface area contributed by atoms with E-state index in [4.69, 9.17) is 0 Å². The van der Waals surface area contributed by atoms with Gasteiger partial charge in [0, 0.05) is 23.0 Å². The van der Waals surface area contributed by atoms with Crippen molar-refractivity contribution in [2.24, 2.45) is 5.10 Å². The maximum absolute atomic E-state index is 13.5. The third kappa shape index (κ3) is 7.40. The molecule has 0 spiro atoms. The Morgan fingerprint density at radius 1 is 0.930 bits per heavy atom. The van der Waals surface area contributed by atoms with Crippen LogP contribution in [0.4, 0.5) is 9.39 Å². The van der Waals surface area contributed by atoms with Crippen molar-refractivity contribution in [3.05, 3.63) is 87.0 Å². The summed E-state index contributed by atoms with van der Waals surface area (Å²) in [4.78, 5) is 33.1. The minimum atomic E-state index is -0.371. The summed E-state index contributed by atoms with van der Waals surface area (Å²) < 4.78 is 13.5. The van der Waals surface area contributed by atoms with Crippen LogP contribution in [-0.2, 0) is 19.4 Å². The smallest absolute Gasteiger partial charge is 0.274 e. The maximum atomic E-state index is 13.5. The van der Waals surface area contributed by atoms with Gasteiger partial charge in [-0.3, -0.25) is 14.5 Å². The summed E-state index contributed by atoms with van der Waals surface area (Å²) >= 11 is 1.48. The van der Waals surface area contributed by atoms with Gasteiger partial charge < -0.3 is 10.2 Å². The predicted octanol–water partition coefficient (Wildman–Crippen LogP) is 6.23. The molecule has 3 aromatic rings. The highest BCUT2D eigenvalue weighted by Gasteiger charge is 2.28. The number of thiophene rings is 1. The minimum Gasteiger partial charge on any atom is -0.313 e. The van der Waals surface area contributed by atoms with E-state index in [2.05, 4.69) is 31.7 Å². The van der Waals surface area contributed by atoms with Crippen molar-refractivity contribution in [2.45, 2.75) is 70.4 Å². The number of likely N-dealkylation sites (tertiary alicyclic amines) is 2. The molecule has 2 amide bonds. The first-order chi connectivity index (χ1) is 21.0. The highest BCUT2D eigenvalue weighted by atomic mass is 32.1. The Morgan fingerprint density at radius 2 is 1.72 bits per heavy atom. The molecule has 2 aliphatic heterocycles. The lowest BCUT2D eigenvalue weighted by Gasteiger charge is -2.40. The standard InChI is InChI=1S/C34H40FN5O2S/c35-27-11-7-8-24(21-27)22-36-38-33(42)31-29-12-2-3-13-30(29)43-34(31)37-32(41)26-10-6-9-25(20-26)23-39-18-14-28(15-19-39)40-16-4-1-5-17-40/h6-11,20-22,28H,1-5,12-19,23H2,(H,37,41)(H,38,42)/b36-22+. The Hall–Kier alpha value is -3.40. The Labute approximate surface area is 257 Å². The molecule has 0 atom stereocenters. The molecule has 0 saturated carbocycles. The number of rotatable bonds is 8. The van der Waals surface area contributed by atoms with Crippen LogP contribution in [0.15, 0.2) is 53.6 Å². The number of carbonyl (C=O) groups is 2. The van der Waals surface area contributed by atoms with Crippen molar-refractivity contribution in [2.75, 3.05) is 31.5 Å². The zero-order valence-electron chi connectivity index (χ0n) is 24.6. The fourth-order valence-electron chi connectivity index (χ4n) is 6.67. The van der Waals surface area contributed by atoms with Gasteiger partial charge in [-0.1, -0.05) is 30.7 Å². The molecule has 1 aromatic heterocycles. The molecule has 2 saturated heterocycles. The summed E-state index contributed by atoms with van der Waals surface area (Å²) in [6, 6.07) is 14.6. The quantitative estimate of drug-likeness (QED) is 0.237. The number of hydrogen-bond acceptors (Lipinski definition) is 6. The summed E-state index contributed by atoms with van der Waals surface area (Å²) in [7, 11) is 0. The van der Waals surface area contributed by atoms with E-state index in [1.165, 1.54) is 74.9 Å². The topological polar surface area (TPSA) is 77.0 Å². The number of piperidine rings is 2. The molecule has 1 aliphatic carbocycles. The van der Waals surface area contributed by atoms with E-state index >= 15 is 0 Å². The van der Waals surface area contributed by atoms with Gasteiger partial charge in [-0.2, -0.15) is 5.10 Å². The summed E-state index contributed by atoms with van der Waals surface area (Å²) in [5.41, 5.74) is 6.32. The molecule has 3 aliphatic rings. The van der Waals surface area contributed by atoms with Crippen LogP contribution in [0.3, 0.4) is 0 Å². The van der Waals surface area contributed by atoms with Gasteiger partial charge >= 0.3 is 0 Å². The molecule has 0 bridgehead atoms. The van der Waals surface area contributed by atoms with Crippen LogP contribution in [0.2, 0.25) is 0 Å². The normalized spacial score (nSPS) is 18.4. The average molecular weight is 602 g/mol. The molecule has 2 aromatic carbocycles. The van der Waals surface area contributed by atoms with Crippen LogP contribution in [0.1, 0.15) is 87.2 Å². The van der Waals surface area contributed by atoms with Crippen molar-refractivity contribution in [3.63, 3.8) is 0 Å². The maximum Gasteiger partial charge on any atom is 0.274 e. The van der Waals surface area contributed by atoms with Crippen LogP contribution in [0.5, 0.6) is 0 Å². The Morgan fingerprint density at radius 3 is 2.53 bits per heavy atom. The zero-order chi connectivity index (χ0) is 29.6. The van der Waals surface area contributed by atoms with E-state index in [-0.39, 0.29) is 17.6 Å². The van der Waals surface area contributed by atoms with Crippen LogP contribution >= 0.6 is 11.3 Å². The molecular formula is C34H40FN5O2S. The lowest BCUT2D eigenvalue weighted by Crippen LogP contribution is -2.46. The Balaban J connectivity index is 1.11. The Bertz CT molecular complexity index is 1470. The van der Waals surface area contributed by atoms with Gasteiger partial charge in [-0.25, -0.2) is 9.82 Å². The van der Waals surface area contributed by atoms with Crippen molar-refractivity contribution in [3.8, 4) is 0 Å². The van der Waals surface area contributed by atoms with E-state index in [1.807, 2.05) is 18.2 Å². The van der Waals surface area contributed by atoms with Gasteiger partial charge in [0.15, 0.2) is 0 Å². The van der Waals surface area contributed by atoms with Crippen LogP contribution in [0.25, 0.3) is 0 Å². The van der Waals surface area contributed by atoms with E-state index in [0.29, 0.717) is 27.7 Å². The number of fused-ring (bicyclic) bond motifs is 1. The molecule has 3 heterocycles. The van der Waals surface area contributed by atoms with Crippen molar-refractivity contribution in [1.82, 2.24) is 15.2 Å². The first kappa shape index (κ1) is 29.7. The second kappa shape index (κ2) is 13.9. The molecule has 0 unspecified atom stereocenters.